The van der Waals surface area contributed by atoms with Crippen LogP contribution in [0.1, 0.15) is 35.3 Å². The SMILES string of the molecule is COC(=O)c1ccc(CN2/C(=C/C=C3\NC(=S)NC3=O)C(C)(C)c3ccccc32)cc1. The molecule has 6 nitrogen and oxygen atoms in total. The van der Waals surface area contributed by atoms with Gasteiger partial charge in [0, 0.05) is 23.3 Å². The molecule has 31 heavy (non-hydrogen) atoms. The summed E-state index contributed by atoms with van der Waals surface area (Å²) in [6, 6.07) is 15.7. The summed E-state index contributed by atoms with van der Waals surface area (Å²) in [4.78, 5) is 26.0. The van der Waals surface area contributed by atoms with Gasteiger partial charge in [0.2, 0.25) is 0 Å². The van der Waals surface area contributed by atoms with Crippen molar-refractivity contribution in [2.24, 2.45) is 0 Å². The number of nitrogens with zero attached hydrogens (tertiary/aromatic N) is 1. The zero-order valence-corrected chi connectivity index (χ0v) is 18.4. The second-order valence-corrected chi connectivity index (χ2v) is 8.37. The molecule has 2 heterocycles. The summed E-state index contributed by atoms with van der Waals surface area (Å²) in [5, 5.41) is 5.78. The van der Waals surface area contributed by atoms with Gasteiger partial charge in [-0.2, -0.15) is 0 Å². The van der Waals surface area contributed by atoms with E-state index in [-0.39, 0.29) is 17.3 Å². The second-order valence-electron chi connectivity index (χ2n) is 7.96. The van der Waals surface area contributed by atoms with E-state index in [9.17, 15) is 9.59 Å². The third-order valence-electron chi connectivity index (χ3n) is 5.64. The molecule has 2 N–H and O–H groups in total. The van der Waals surface area contributed by atoms with E-state index in [4.69, 9.17) is 17.0 Å². The zero-order valence-electron chi connectivity index (χ0n) is 17.6. The first-order chi connectivity index (χ1) is 14.8. The second kappa shape index (κ2) is 8.00. The van der Waals surface area contributed by atoms with E-state index in [1.807, 2.05) is 30.3 Å². The Morgan fingerprint density at radius 3 is 2.45 bits per heavy atom. The zero-order chi connectivity index (χ0) is 22.2. The Balaban J connectivity index is 1.71. The molecule has 0 spiro atoms. The predicted octanol–water partition coefficient (Wildman–Crippen LogP) is 3.54. The van der Waals surface area contributed by atoms with Gasteiger partial charge in [-0.05, 0) is 53.7 Å². The fourth-order valence-electron chi connectivity index (χ4n) is 4.02. The molecule has 2 aliphatic rings. The molecular weight excluding hydrogens is 410 g/mol. The quantitative estimate of drug-likeness (QED) is 0.437. The molecule has 0 atom stereocenters. The summed E-state index contributed by atoms with van der Waals surface area (Å²) in [6.45, 7) is 4.96. The van der Waals surface area contributed by atoms with E-state index in [2.05, 4.69) is 41.5 Å². The molecular formula is C24H23N3O3S. The fourth-order valence-corrected chi connectivity index (χ4v) is 4.22. The number of amides is 1. The van der Waals surface area contributed by atoms with Crippen LogP contribution in [0.3, 0.4) is 0 Å². The Morgan fingerprint density at radius 1 is 1.10 bits per heavy atom. The van der Waals surface area contributed by atoms with Gasteiger partial charge in [0.05, 0.1) is 12.7 Å². The summed E-state index contributed by atoms with van der Waals surface area (Å²) in [7, 11) is 1.37. The highest BCUT2D eigenvalue weighted by Crippen LogP contribution is 2.48. The van der Waals surface area contributed by atoms with Gasteiger partial charge in [-0.25, -0.2) is 4.79 Å². The summed E-state index contributed by atoms with van der Waals surface area (Å²) < 4.78 is 4.78. The van der Waals surface area contributed by atoms with Crippen LogP contribution in [-0.2, 0) is 21.5 Å². The van der Waals surface area contributed by atoms with Gasteiger partial charge >= 0.3 is 5.97 Å². The third-order valence-corrected chi connectivity index (χ3v) is 5.85. The van der Waals surface area contributed by atoms with Gasteiger partial charge in [0.15, 0.2) is 5.11 Å². The maximum Gasteiger partial charge on any atom is 0.337 e. The maximum absolute atomic E-state index is 12.0. The van der Waals surface area contributed by atoms with Crippen molar-refractivity contribution in [2.75, 3.05) is 12.0 Å². The van der Waals surface area contributed by atoms with Gasteiger partial charge in [-0.1, -0.05) is 44.2 Å². The minimum Gasteiger partial charge on any atom is -0.465 e. The number of carbonyl (C=O) groups is 2. The predicted molar refractivity (Wildman–Crippen MR) is 123 cm³/mol. The Hall–Kier alpha value is -3.45. The van der Waals surface area contributed by atoms with Crippen LogP contribution in [0, 0.1) is 0 Å². The lowest BCUT2D eigenvalue weighted by Gasteiger charge is -2.27. The molecule has 1 saturated heterocycles. The largest absolute Gasteiger partial charge is 0.465 e. The smallest absolute Gasteiger partial charge is 0.337 e. The van der Waals surface area contributed by atoms with Gasteiger partial charge in [0.25, 0.3) is 5.91 Å². The molecule has 158 valence electrons. The Kier molecular flexibility index (Phi) is 5.37. The highest BCUT2D eigenvalue weighted by molar-refractivity contribution is 7.80. The molecule has 0 bridgehead atoms. The average Bonchev–Trinajstić information content (AvgIpc) is 3.19. The van der Waals surface area contributed by atoms with Crippen molar-refractivity contribution in [3.63, 3.8) is 0 Å². The Bertz CT molecular complexity index is 1130. The minimum absolute atomic E-state index is 0.236. The topological polar surface area (TPSA) is 70.7 Å². The van der Waals surface area contributed by atoms with Crippen LogP contribution in [0.2, 0.25) is 0 Å². The molecule has 0 aliphatic carbocycles. The molecule has 0 radical (unpaired) electrons. The number of rotatable bonds is 4. The summed E-state index contributed by atoms with van der Waals surface area (Å²) in [5.74, 6) is -0.591. The van der Waals surface area contributed by atoms with Crippen molar-refractivity contribution in [3.05, 3.63) is 88.8 Å². The number of hydrogen-bond donors (Lipinski definition) is 2. The lowest BCUT2D eigenvalue weighted by atomic mass is 9.83. The molecule has 1 fully saturated rings. The van der Waals surface area contributed by atoms with Crippen LogP contribution in [0.25, 0.3) is 0 Å². The summed E-state index contributed by atoms with van der Waals surface area (Å²) in [5.41, 5.74) is 5.13. The first-order valence-corrected chi connectivity index (χ1v) is 10.3. The van der Waals surface area contributed by atoms with Crippen LogP contribution < -0.4 is 15.5 Å². The van der Waals surface area contributed by atoms with E-state index in [0.29, 0.717) is 22.9 Å². The van der Waals surface area contributed by atoms with Crippen LogP contribution in [0.15, 0.2) is 72.1 Å². The van der Waals surface area contributed by atoms with Crippen molar-refractivity contribution in [1.82, 2.24) is 10.6 Å². The van der Waals surface area contributed by atoms with Crippen LogP contribution in [0.4, 0.5) is 5.69 Å². The molecule has 2 aliphatic heterocycles. The molecule has 0 unspecified atom stereocenters. The minimum atomic E-state index is -0.355. The number of carbonyl (C=O) groups excluding carboxylic acids is 2. The van der Waals surface area contributed by atoms with Gasteiger partial charge in [-0.15, -0.1) is 0 Å². The number of nitrogens with one attached hydrogen (secondary N) is 2. The molecule has 7 heteroatoms. The molecule has 2 aromatic rings. The van der Waals surface area contributed by atoms with Crippen molar-refractivity contribution in [3.8, 4) is 0 Å². The van der Waals surface area contributed by atoms with Crippen molar-refractivity contribution in [1.29, 1.82) is 0 Å². The van der Waals surface area contributed by atoms with E-state index in [1.165, 1.54) is 12.7 Å². The van der Waals surface area contributed by atoms with E-state index >= 15 is 0 Å². The van der Waals surface area contributed by atoms with Crippen LogP contribution in [-0.4, -0.2) is 24.1 Å². The highest BCUT2D eigenvalue weighted by Gasteiger charge is 2.39. The van der Waals surface area contributed by atoms with Gasteiger partial charge in [0.1, 0.15) is 5.70 Å². The number of esters is 1. The molecule has 4 rings (SSSR count). The number of benzene rings is 2. The van der Waals surface area contributed by atoms with E-state index in [1.54, 1.807) is 18.2 Å². The molecule has 1 amide bonds. The van der Waals surface area contributed by atoms with Crippen molar-refractivity contribution < 1.29 is 14.3 Å². The third kappa shape index (κ3) is 3.84. The van der Waals surface area contributed by atoms with Crippen molar-refractivity contribution >= 4 is 34.9 Å². The Labute approximate surface area is 186 Å². The van der Waals surface area contributed by atoms with E-state index < -0.39 is 0 Å². The summed E-state index contributed by atoms with van der Waals surface area (Å²) in [6.07, 6.45) is 3.74. The number of hydrogen-bond acceptors (Lipinski definition) is 5. The fraction of sp³-hybridized carbons (Fsp3) is 0.208. The monoisotopic (exact) mass is 433 g/mol. The number of ether oxygens (including phenoxy) is 1. The van der Waals surface area contributed by atoms with Crippen molar-refractivity contribution in [2.45, 2.75) is 25.8 Å². The number of allylic oxidation sites excluding steroid dienone is 3. The number of thiocarbonyl (C=S) groups is 1. The van der Waals surface area contributed by atoms with Gasteiger partial charge < -0.3 is 15.0 Å². The first-order valence-electron chi connectivity index (χ1n) is 9.90. The van der Waals surface area contributed by atoms with E-state index in [0.717, 1.165) is 16.9 Å². The van der Waals surface area contributed by atoms with Crippen LogP contribution >= 0.6 is 12.2 Å². The number of para-hydroxylation sites is 1. The standard InChI is InChI=1S/C24H23N3O3S/c1-24(2)17-6-4-5-7-19(17)27(14-15-8-10-16(11-9-15)22(29)30-3)20(24)13-12-18-21(28)26-23(31)25-18/h4-13H,14H2,1-3H3,(H2,25,26,28,31)/b18-12-,20-13+. The summed E-state index contributed by atoms with van der Waals surface area (Å²) >= 11 is 5.02. The number of anilines is 1. The lowest BCUT2D eigenvalue weighted by Crippen LogP contribution is -2.26. The maximum atomic E-state index is 12.0. The molecule has 2 aromatic carbocycles. The van der Waals surface area contributed by atoms with Crippen LogP contribution in [0.5, 0.6) is 0 Å². The number of methoxy groups -OCH3 is 1. The lowest BCUT2D eigenvalue weighted by molar-refractivity contribution is -0.115. The average molecular weight is 434 g/mol. The molecule has 0 saturated carbocycles. The molecule has 0 aromatic heterocycles. The van der Waals surface area contributed by atoms with Gasteiger partial charge in [-0.3, -0.25) is 10.1 Å². The normalized spacial score (nSPS) is 19.4. The first kappa shape index (κ1) is 20.8. The Morgan fingerprint density at radius 2 is 1.81 bits per heavy atom. The number of fused-ring (bicyclic) bond motifs is 1. The highest BCUT2D eigenvalue weighted by atomic mass is 32.1.